The second-order valence-corrected chi connectivity index (χ2v) is 12.1. The zero-order valence-corrected chi connectivity index (χ0v) is 21.5. The maximum absolute atomic E-state index is 12.9. The Morgan fingerprint density at radius 1 is 1.05 bits per heavy atom. The molecule has 0 saturated heterocycles. The topological polar surface area (TPSA) is 114 Å². The Morgan fingerprint density at radius 3 is 2.41 bits per heavy atom. The average Bonchev–Trinajstić information content (AvgIpc) is 3.79. The van der Waals surface area contributed by atoms with Crippen LogP contribution < -0.4 is 15.0 Å². The van der Waals surface area contributed by atoms with E-state index in [1.54, 1.807) is 18.3 Å². The maximum atomic E-state index is 12.9. The van der Waals surface area contributed by atoms with E-state index in [1.165, 1.54) is 49.3 Å². The molecule has 3 aromatic rings. The summed E-state index contributed by atoms with van der Waals surface area (Å²) < 4.78 is 29.2. The van der Waals surface area contributed by atoms with Gasteiger partial charge in [0.2, 0.25) is 0 Å². The van der Waals surface area contributed by atoms with Crippen molar-refractivity contribution >= 4 is 27.2 Å². The van der Waals surface area contributed by atoms with Gasteiger partial charge in [0, 0.05) is 54.1 Å². The first-order valence-corrected chi connectivity index (χ1v) is 14.6. The number of sulfone groups is 1. The SMILES string of the molecule is CS(=O)(=O)c1ccc(CNC(=O)c2cnc3c(c2)OCCCN3c2cc(C3CC3)nc(C3CC3)c2)nc1. The highest BCUT2D eigenvalue weighted by Gasteiger charge is 2.31. The van der Waals surface area contributed by atoms with Crippen molar-refractivity contribution in [3.8, 4) is 5.75 Å². The normalized spacial score (nSPS) is 17.5. The minimum atomic E-state index is -3.32. The second-order valence-electron chi connectivity index (χ2n) is 10.1. The van der Waals surface area contributed by atoms with Gasteiger partial charge in [0.15, 0.2) is 21.4 Å². The van der Waals surface area contributed by atoms with Crippen molar-refractivity contribution in [1.82, 2.24) is 20.3 Å². The molecule has 37 heavy (non-hydrogen) atoms. The summed E-state index contributed by atoms with van der Waals surface area (Å²) in [5.74, 6) is 2.12. The Morgan fingerprint density at radius 2 is 1.78 bits per heavy atom. The van der Waals surface area contributed by atoms with Crippen LogP contribution in [0.1, 0.15) is 71.4 Å². The van der Waals surface area contributed by atoms with E-state index in [-0.39, 0.29) is 17.3 Å². The first kappa shape index (κ1) is 23.8. The summed E-state index contributed by atoms with van der Waals surface area (Å²) in [5.41, 5.74) is 4.40. The monoisotopic (exact) mass is 519 g/mol. The Kier molecular flexibility index (Phi) is 6.06. The van der Waals surface area contributed by atoms with Gasteiger partial charge in [0.1, 0.15) is 0 Å². The van der Waals surface area contributed by atoms with E-state index < -0.39 is 9.84 Å². The quantitative estimate of drug-likeness (QED) is 0.500. The molecule has 0 spiro atoms. The molecule has 1 aliphatic heterocycles. The van der Waals surface area contributed by atoms with Gasteiger partial charge < -0.3 is 15.0 Å². The van der Waals surface area contributed by atoms with Gasteiger partial charge in [-0.3, -0.25) is 14.8 Å². The highest BCUT2D eigenvalue weighted by molar-refractivity contribution is 7.90. The Hall–Kier alpha value is -3.53. The number of nitrogens with zero attached hydrogens (tertiary/aromatic N) is 4. The predicted molar refractivity (Wildman–Crippen MR) is 138 cm³/mol. The number of ether oxygens (including phenoxy) is 1. The number of carbonyl (C=O) groups is 1. The lowest BCUT2D eigenvalue weighted by molar-refractivity contribution is 0.0949. The van der Waals surface area contributed by atoms with Crippen molar-refractivity contribution in [1.29, 1.82) is 0 Å². The van der Waals surface area contributed by atoms with Crippen LogP contribution in [0.4, 0.5) is 11.5 Å². The molecule has 0 unspecified atom stereocenters. The van der Waals surface area contributed by atoms with Crippen LogP contribution in [0.25, 0.3) is 0 Å². The van der Waals surface area contributed by atoms with Crippen LogP contribution in [0, 0.1) is 0 Å². The zero-order valence-electron chi connectivity index (χ0n) is 20.7. The van der Waals surface area contributed by atoms with E-state index in [0.29, 0.717) is 41.3 Å². The smallest absolute Gasteiger partial charge is 0.253 e. The van der Waals surface area contributed by atoms with Crippen LogP contribution in [-0.2, 0) is 16.4 Å². The van der Waals surface area contributed by atoms with Crippen LogP contribution in [0.2, 0.25) is 0 Å². The number of amides is 1. The van der Waals surface area contributed by atoms with E-state index in [9.17, 15) is 13.2 Å². The van der Waals surface area contributed by atoms with Crippen molar-refractivity contribution in [3.05, 3.63) is 65.4 Å². The minimum absolute atomic E-state index is 0.141. The van der Waals surface area contributed by atoms with Crippen LogP contribution in [0.5, 0.6) is 5.75 Å². The molecule has 0 atom stereocenters. The summed E-state index contributed by atoms with van der Waals surface area (Å²) in [5, 5.41) is 2.82. The summed E-state index contributed by atoms with van der Waals surface area (Å²) in [6.07, 6.45) is 9.65. The summed E-state index contributed by atoms with van der Waals surface area (Å²) in [6.45, 7) is 1.49. The Bertz CT molecular complexity index is 1420. The molecule has 4 heterocycles. The molecule has 3 aliphatic rings. The summed E-state index contributed by atoms with van der Waals surface area (Å²) in [6, 6.07) is 9.21. The number of pyridine rings is 3. The number of anilines is 2. The van der Waals surface area contributed by atoms with E-state index in [0.717, 1.165) is 24.9 Å². The third-order valence-corrected chi connectivity index (χ3v) is 8.04. The number of aromatic nitrogens is 3. The van der Waals surface area contributed by atoms with Gasteiger partial charge >= 0.3 is 0 Å². The van der Waals surface area contributed by atoms with E-state index >= 15 is 0 Å². The molecule has 10 heteroatoms. The van der Waals surface area contributed by atoms with Gasteiger partial charge in [-0.15, -0.1) is 0 Å². The van der Waals surface area contributed by atoms with Crippen LogP contribution >= 0.6 is 0 Å². The Balaban J connectivity index is 1.22. The fourth-order valence-corrected chi connectivity index (χ4v) is 5.09. The first-order chi connectivity index (χ1) is 17.8. The fourth-order valence-electron chi connectivity index (χ4n) is 4.53. The molecule has 0 bridgehead atoms. The summed E-state index contributed by atoms with van der Waals surface area (Å²) in [4.78, 5) is 29.0. The number of fused-ring (bicyclic) bond motifs is 1. The third kappa shape index (κ3) is 5.29. The molecule has 1 N–H and O–H groups in total. The maximum Gasteiger partial charge on any atom is 0.253 e. The van der Waals surface area contributed by atoms with Gasteiger partial charge in [-0.1, -0.05) is 0 Å². The lowest BCUT2D eigenvalue weighted by atomic mass is 10.1. The molecular formula is C27H29N5O4S. The Labute approximate surface area is 216 Å². The number of nitrogens with one attached hydrogen (secondary N) is 1. The molecular weight excluding hydrogens is 490 g/mol. The molecule has 2 saturated carbocycles. The highest BCUT2D eigenvalue weighted by Crippen LogP contribution is 2.46. The molecule has 192 valence electrons. The number of rotatable bonds is 7. The molecule has 1 amide bonds. The average molecular weight is 520 g/mol. The highest BCUT2D eigenvalue weighted by atomic mass is 32.2. The number of carbonyl (C=O) groups excluding carboxylic acids is 1. The third-order valence-electron chi connectivity index (χ3n) is 6.94. The van der Waals surface area contributed by atoms with Crippen LogP contribution in [0.15, 0.2) is 47.6 Å². The van der Waals surface area contributed by atoms with Crippen molar-refractivity contribution in [2.75, 3.05) is 24.3 Å². The van der Waals surface area contributed by atoms with E-state index in [2.05, 4.69) is 32.3 Å². The molecule has 9 nitrogen and oxygen atoms in total. The van der Waals surface area contributed by atoms with Gasteiger partial charge in [0.25, 0.3) is 5.91 Å². The zero-order chi connectivity index (χ0) is 25.6. The van der Waals surface area contributed by atoms with Gasteiger partial charge in [0.05, 0.1) is 29.3 Å². The standard InChI is InChI=1S/C27H29N5O4S/c1-37(34,35)22-8-7-20(28-16-22)15-30-27(33)19-11-25-26(29-14-19)32(9-2-10-36-25)21-12-23(17-3-4-17)31-24(13-21)18-5-6-18/h7-8,11-14,16-18H,2-6,9-10,15H2,1H3,(H,30,33). The minimum Gasteiger partial charge on any atom is -0.490 e. The van der Waals surface area contributed by atoms with Crippen molar-refractivity contribution < 1.29 is 17.9 Å². The van der Waals surface area contributed by atoms with Crippen LogP contribution in [0.3, 0.4) is 0 Å². The van der Waals surface area contributed by atoms with Crippen molar-refractivity contribution in [3.63, 3.8) is 0 Å². The molecule has 2 fully saturated rings. The number of hydrogen-bond acceptors (Lipinski definition) is 8. The van der Waals surface area contributed by atoms with Crippen LogP contribution in [-0.4, -0.2) is 48.7 Å². The lowest BCUT2D eigenvalue weighted by Gasteiger charge is -2.24. The molecule has 2 aliphatic carbocycles. The molecule has 0 radical (unpaired) electrons. The molecule has 0 aromatic carbocycles. The fraction of sp³-hybridized carbons (Fsp3) is 0.407. The summed E-state index contributed by atoms with van der Waals surface area (Å²) in [7, 11) is -3.32. The van der Waals surface area contributed by atoms with Gasteiger partial charge in [-0.05, 0) is 62.4 Å². The van der Waals surface area contributed by atoms with Gasteiger partial charge in [-0.2, -0.15) is 0 Å². The van der Waals surface area contributed by atoms with Crippen molar-refractivity contribution in [2.45, 2.75) is 55.4 Å². The second kappa shape index (κ2) is 9.41. The largest absolute Gasteiger partial charge is 0.490 e. The van der Waals surface area contributed by atoms with Crippen molar-refractivity contribution in [2.24, 2.45) is 0 Å². The summed E-state index contributed by atoms with van der Waals surface area (Å²) >= 11 is 0. The lowest BCUT2D eigenvalue weighted by Crippen LogP contribution is -2.24. The first-order valence-electron chi connectivity index (χ1n) is 12.7. The predicted octanol–water partition coefficient (Wildman–Crippen LogP) is 3.88. The molecule has 3 aromatic heterocycles. The number of hydrogen-bond donors (Lipinski definition) is 1. The van der Waals surface area contributed by atoms with Gasteiger partial charge in [-0.25, -0.2) is 13.4 Å². The van der Waals surface area contributed by atoms with E-state index in [1.807, 2.05) is 0 Å². The van der Waals surface area contributed by atoms with E-state index in [4.69, 9.17) is 9.72 Å². The molecule has 6 rings (SSSR count).